The maximum absolute atomic E-state index is 11.4. The summed E-state index contributed by atoms with van der Waals surface area (Å²) in [6.07, 6.45) is 0. The van der Waals surface area contributed by atoms with Crippen molar-refractivity contribution in [1.82, 2.24) is 9.78 Å². The van der Waals surface area contributed by atoms with Gasteiger partial charge in [0.15, 0.2) is 5.54 Å². The first-order chi connectivity index (χ1) is 8.85. The summed E-state index contributed by atoms with van der Waals surface area (Å²) in [6.45, 7) is 7.13. The molecule has 0 saturated heterocycles. The lowest BCUT2D eigenvalue weighted by molar-refractivity contribution is -0.146. The minimum atomic E-state index is -1.05. The van der Waals surface area contributed by atoms with Crippen molar-refractivity contribution in [2.75, 3.05) is 0 Å². The highest BCUT2D eigenvalue weighted by atomic mass is 16.4. The molecule has 4 heteroatoms. The molecule has 0 unspecified atom stereocenters. The zero-order valence-electron chi connectivity index (χ0n) is 11.6. The zero-order chi connectivity index (χ0) is 14.2. The molecule has 100 valence electrons. The van der Waals surface area contributed by atoms with Crippen molar-refractivity contribution in [3.63, 3.8) is 0 Å². The summed E-state index contributed by atoms with van der Waals surface area (Å²) in [7, 11) is 0. The standard InChI is InChI=1S/C15H18N2O2/c1-10-13(12-8-6-5-7-9-12)11(2)17(16-10)15(3,4)14(18)19/h5-9H,1-4H3,(H,18,19). The average Bonchev–Trinajstić information content (AvgIpc) is 2.66. The molecule has 4 nitrogen and oxygen atoms in total. The SMILES string of the molecule is Cc1nn(C(C)(C)C(=O)O)c(C)c1-c1ccccc1. The monoisotopic (exact) mass is 258 g/mol. The van der Waals surface area contributed by atoms with Crippen LogP contribution in [0.3, 0.4) is 0 Å². The first kappa shape index (κ1) is 13.3. The molecule has 0 amide bonds. The summed E-state index contributed by atoms with van der Waals surface area (Å²) in [5.74, 6) is -0.891. The van der Waals surface area contributed by atoms with Gasteiger partial charge < -0.3 is 5.11 Å². The van der Waals surface area contributed by atoms with E-state index in [0.29, 0.717) is 0 Å². The molecule has 2 aromatic rings. The van der Waals surface area contributed by atoms with Crippen molar-refractivity contribution in [2.45, 2.75) is 33.2 Å². The van der Waals surface area contributed by atoms with Crippen LogP contribution in [0.1, 0.15) is 25.2 Å². The number of aliphatic carboxylic acids is 1. The fraction of sp³-hybridized carbons (Fsp3) is 0.333. The lowest BCUT2D eigenvalue weighted by atomic mass is 10.0. The van der Waals surface area contributed by atoms with Gasteiger partial charge in [-0.05, 0) is 33.3 Å². The Morgan fingerprint density at radius 3 is 2.32 bits per heavy atom. The van der Waals surface area contributed by atoms with Crippen LogP contribution >= 0.6 is 0 Å². The molecule has 0 aliphatic rings. The Morgan fingerprint density at radius 2 is 1.79 bits per heavy atom. The maximum Gasteiger partial charge on any atom is 0.331 e. The fourth-order valence-electron chi connectivity index (χ4n) is 2.30. The number of hydrogen-bond donors (Lipinski definition) is 1. The van der Waals surface area contributed by atoms with Crippen LogP contribution in [0.2, 0.25) is 0 Å². The number of hydrogen-bond acceptors (Lipinski definition) is 2. The smallest absolute Gasteiger partial charge is 0.331 e. The van der Waals surface area contributed by atoms with Crippen LogP contribution < -0.4 is 0 Å². The molecule has 0 spiro atoms. The number of rotatable bonds is 3. The van der Waals surface area contributed by atoms with Gasteiger partial charge in [-0.2, -0.15) is 5.10 Å². The Hall–Kier alpha value is -2.10. The van der Waals surface area contributed by atoms with Crippen LogP contribution in [0, 0.1) is 13.8 Å². The Bertz CT molecular complexity index is 613. The molecule has 0 radical (unpaired) electrons. The van der Waals surface area contributed by atoms with Gasteiger partial charge >= 0.3 is 5.97 Å². The summed E-state index contributed by atoms with van der Waals surface area (Å²) in [5.41, 5.74) is 2.73. The highest BCUT2D eigenvalue weighted by Gasteiger charge is 2.33. The first-order valence-corrected chi connectivity index (χ1v) is 6.21. The average molecular weight is 258 g/mol. The summed E-state index contributed by atoms with van der Waals surface area (Å²) in [5, 5.41) is 13.7. The molecule has 0 aliphatic carbocycles. The first-order valence-electron chi connectivity index (χ1n) is 6.21. The number of carboxylic acid groups (broad SMARTS) is 1. The van der Waals surface area contributed by atoms with E-state index in [1.54, 1.807) is 18.5 Å². The third-order valence-corrected chi connectivity index (χ3v) is 3.41. The molecular formula is C15H18N2O2. The number of carbonyl (C=O) groups is 1. The zero-order valence-corrected chi connectivity index (χ0v) is 11.6. The molecule has 0 aliphatic heterocycles. The summed E-state index contributed by atoms with van der Waals surface area (Å²) in [6, 6.07) is 9.91. The Balaban J connectivity index is 2.62. The molecule has 1 heterocycles. The van der Waals surface area contributed by atoms with Gasteiger partial charge in [-0.15, -0.1) is 0 Å². The van der Waals surface area contributed by atoms with Crippen LogP contribution in [0.25, 0.3) is 11.1 Å². The molecule has 1 aromatic heterocycles. The number of aromatic nitrogens is 2. The largest absolute Gasteiger partial charge is 0.479 e. The van der Waals surface area contributed by atoms with Crippen LogP contribution in [0.5, 0.6) is 0 Å². The summed E-state index contributed by atoms with van der Waals surface area (Å²) in [4.78, 5) is 11.4. The van der Waals surface area contributed by atoms with E-state index in [2.05, 4.69) is 5.10 Å². The minimum Gasteiger partial charge on any atom is -0.479 e. The molecule has 2 rings (SSSR count). The second-order valence-electron chi connectivity index (χ2n) is 5.19. The predicted octanol–water partition coefficient (Wildman–Crippen LogP) is 2.99. The van der Waals surface area contributed by atoms with Crippen LogP contribution in [0.4, 0.5) is 0 Å². The van der Waals surface area contributed by atoms with Crippen molar-refractivity contribution in [3.8, 4) is 11.1 Å². The maximum atomic E-state index is 11.4. The van der Waals surface area contributed by atoms with Crippen molar-refractivity contribution in [2.24, 2.45) is 0 Å². The third-order valence-electron chi connectivity index (χ3n) is 3.41. The lowest BCUT2D eigenvalue weighted by Gasteiger charge is -2.21. The molecule has 0 saturated carbocycles. The van der Waals surface area contributed by atoms with Gasteiger partial charge in [0.05, 0.1) is 5.69 Å². The van der Waals surface area contributed by atoms with Gasteiger partial charge in [0.25, 0.3) is 0 Å². The predicted molar refractivity (Wildman–Crippen MR) is 74.1 cm³/mol. The Morgan fingerprint density at radius 1 is 1.21 bits per heavy atom. The number of benzene rings is 1. The molecule has 0 atom stereocenters. The van der Waals surface area contributed by atoms with Gasteiger partial charge in [-0.3, -0.25) is 4.68 Å². The van der Waals surface area contributed by atoms with E-state index in [0.717, 1.165) is 22.5 Å². The van der Waals surface area contributed by atoms with E-state index in [1.807, 2.05) is 44.2 Å². The van der Waals surface area contributed by atoms with E-state index < -0.39 is 11.5 Å². The highest BCUT2D eigenvalue weighted by molar-refractivity contribution is 5.77. The molecule has 19 heavy (non-hydrogen) atoms. The quantitative estimate of drug-likeness (QED) is 0.920. The van der Waals surface area contributed by atoms with Gasteiger partial charge in [-0.1, -0.05) is 30.3 Å². The van der Waals surface area contributed by atoms with Crippen LogP contribution in [0.15, 0.2) is 30.3 Å². The van der Waals surface area contributed by atoms with E-state index in [1.165, 1.54) is 0 Å². The number of aryl methyl sites for hydroxylation is 1. The van der Waals surface area contributed by atoms with E-state index in [4.69, 9.17) is 0 Å². The fourth-order valence-corrected chi connectivity index (χ4v) is 2.30. The third kappa shape index (κ3) is 2.14. The second-order valence-corrected chi connectivity index (χ2v) is 5.19. The van der Waals surface area contributed by atoms with Crippen molar-refractivity contribution < 1.29 is 9.90 Å². The van der Waals surface area contributed by atoms with Gasteiger partial charge in [-0.25, -0.2) is 4.79 Å². The minimum absolute atomic E-state index is 0.845. The Kier molecular flexibility index (Phi) is 3.18. The van der Waals surface area contributed by atoms with Gasteiger partial charge in [0.1, 0.15) is 0 Å². The van der Waals surface area contributed by atoms with E-state index >= 15 is 0 Å². The topological polar surface area (TPSA) is 55.1 Å². The van der Waals surface area contributed by atoms with Crippen molar-refractivity contribution in [1.29, 1.82) is 0 Å². The molecular weight excluding hydrogens is 240 g/mol. The molecule has 1 N–H and O–H groups in total. The van der Waals surface area contributed by atoms with Crippen LogP contribution in [-0.4, -0.2) is 20.9 Å². The van der Waals surface area contributed by atoms with Crippen LogP contribution in [-0.2, 0) is 10.3 Å². The van der Waals surface area contributed by atoms with Crippen molar-refractivity contribution >= 4 is 5.97 Å². The van der Waals surface area contributed by atoms with Gasteiger partial charge in [0.2, 0.25) is 0 Å². The van der Waals surface area contributed by atoms with Crippen molar-refractivity contribution in [3.05, 3.63) is 41.7 Å². The highest BCUT2D eigenvalue weighted by Crippen LogP contribution is 2.30. The molecule has 0 fully saturated rings. The normalized spacial score (nSPS) is 11.6. The second kappa shape index (κ2) is 4.53. The number of nitrogens with zero attached hydrogens (tertiary/aromatic N) is 2. The summed E-state index contributed by atoms with van der Waals surface area (Å²) < 4.78 is 1.59. The van der Waals surface area contributed by atoms with Gasteiger partial charge in [0, 0.05) is 11.3 Å². The Labute approximate surface area is 112 Å². The molecule has 0 bridgehead atoms. The molecule has 1 aromatic carbocycles. The lowest BCUT2D eigenvalue weighted by Crippen LogP contribution is -2.37. The number of carboxylic acids is 1. The van der Waals surface area contributed by atoms with E-state index in [9.17, 15) is 9.90 Å². The van der Waals surface area contributed by atoms with E-state index in [-0.39, 0.29) is 0 Å². The summed E-state index contributed by atoms with van der Waals surface area (Å²) >= 11 is 0.